The number of nitrogens with two attached hydrogens (primary N) is 1. The van der Waals surface area contributed by atoms with E-state index in [0.717, 1.165) is 41.7 Å². The molecule has 4 nitrogen and oxygen atoms in total. The molecular weight excluding hydrogens is 309 g/mol. The van der Waals surface area contributed by atoms with Crippen LogP contribution in [0.25, 0.3) is 11.3 Å². The average molecular weight is 326 g/mol. The third kappa shape index (κ3) is 3.12. The van der Waals surface area contributed by atoms with E-state index in [1.165, 1.54) is 17.7 Å². The van der Waals surface area contributed by atoms with Crippen LogP contribution in [0.2, 0.25) is 0 Å². The number of hydrogen-bond acceptors (Lipinski definition) is 3. The molecule has 4 rings (SSSR count). The predicted molar refractivity (Wildman–Crippen MR) is 86.0 cm³/mol. The fourth-order valence-electron chi connectivity index (χ4n) is 2.71. The maximum Gasteiger partial charge on any atom is 0.231 e. The lowest BCUT2D eigenvalue weighted by molar-refractivity contribution is -0.687. The second kappa shape index (κ2) is 6.37. The molecule has 24 heavy (non-hydrogen) atoms. The summed E-state index contributed by atoms with van der Waals surface area (Å²) in [7, 11) is 0. The van der Waals surface area contributed by atoms with Gasteiger partial charge in [-0.3, -0.25) is 0 Å². The van der Waals surface area contributed by atoms with Crippen LogP contribution in [0.5, 0.6) is 11.5 Å². The number of benzene rings is 2. The van der Waals surface area contributed by atoms with Gasteiger partial charge < -0.3 is 19.2 Å². The van der Waals surface area contributed by atoms with E-state index < -0.39 is 0 Å². The van der Waals surface area contributed by atoms with E-state index in [9.17, 15) is 4.39 Å². The number of fused-ring (bicyclic) bond motifs is 1. The van der Waals surface area contributed by atoms with Gasteiger partial charge in [0.05, 0.1) is 0 Å². The van der Waals surface area contributed by atoms with E-state index in [2.05, 4.69) is 5.32 Å². The highest BCUT2D eigenvalue weighted by molar-refractivity contribution is 5.57. The molecule has 1 aromatic heterocycles. The zero-order valence-electron chi connectivity index (χ0n) is 13.0. The quantitative estimate of drug-likeness (QED) is 0.784. The van der Waals surface area contributed by atoms with Crippen molar-refractivity contribution in [3.05, 3.63) is 71.7 Å². The Hall–Kier alpha value is -2.79. The monoisotopic (exact) mass is 326 g/mol. The molecule has 0 fully saturated rings. The topological polar surface area (TPSA) is 48.2 Å². The van der Waals surface area contributed by atoms with Gasteiger partial charge >= 0.3 is 0 Å². The molecule has 1 aliphatic rings. The predicted octanol–water partition coefficient (Wildman–Crippen LogP) is 3.08. The molecule has 0 amide bonds. The SMILES string of the molecule is Fc1ccc(-c2ccc(C[NH2+]Cc3ccc4c(c3)OCO4)o2)cc1. The molecule has 0 saturated heterocycles. The van der Waals surface area contributed by atoms with Gasteiger partial charge in [-0.2, -0.15) is 0 Å². The van der Waals surface area contributed by atoms with E-state index in [4.69, 9.17) is 13.9 Å². The molecule has 0 saturated carbocycles. The zero-order valence-corrected chi connectivity index (χ0v) is 13.0. The van der Waals surface area contributed by atoms with E-state index in [0.29, 0.717) is 6.79 Å². The normalized spacial score (nSPS) is 12.5. The molecular formula is C19H17FNO3+. The van der Waals surface area contributed by atoms with Crippen LogP contribution in [0.1, 0.15) is 11.3 Å². The lowest BCUT2D eigenvalue weighted by atomic mass is 10.2. The Balaban J connectivity index is 1.36. The number of rotatable bonds is 5. The second-order valence-electron chi connectivity index (χ2n) is 5.66. The van der Waals surface area contributed by atoms with Crippen molar-refractivity contribution < 1.29 is 23.6 Å². The van der Waals surface area contributed by atoms with Crippen LogP contribution in [-0.2, 0) is 13.1 Å². The van der Waals surface area contributed by atoms with Crippen molar-refractivity contribution in [2.24, 2.45) is 0 Å². The summed E-state index contributed by atoms with van der Waals surface area (Å²) < 4.78 is 29.5. The Morgan fingerprint density at radius 2 is 1.71 bits per heavy atom. The van der Waals surface area contributed by atoms with Crippen LogP contribution in [0.3, 0.4) is 0 Å². The minimum Gasteiger partial charge on any atom is -0.455 e. The summed E-state index contributed by atoms with van der Waals surface area (Å²) in [6, 6.07) is 16.1. The molecule has 3 aromatic rings. The first-order valence-corrected chi connectivity index (χ1v) is 7.83. The Labute approximate surface area is 138 Å². The molecule has 0 atom stereocenters. The number of furan rings is 1. The molecule has 2 aromatic carbocycles. The van der Waals surface area contributed by atoms with Gasteiger partial charge in [0.15, 0.2) is 17.3 Å². The van der Waals surface area contributed by atoms with Gasteiger partial charge in [0.25, 0.3) is 0 Å². The summed E-state index contributed by atoms with van der Waals surface area (Å²) in [5, 5.41) is 2.16. The largest absolute Gasteiger partial charge is 0.455 e. The maximum absolute atomic E-state index is 13.0. The lowest BCUT2D eigenvalue weighted by Crippen LogP contribution is -2.80. The van der Waals surface area contributed by atoms with E-state index in [1.54, 1.807) is 12.1 Å². The average Bonchev–Trinajstić information content (AvgIpc) is 3.24. The zero-order chi connectivity index (χ0) is 16.4. The van der Waals surface area contributed by atoms with Crippen LogP contribution < -0.4 is 14.8 Å². The summed E-state index contributed by atoms with van der Waals surface area (Å²) >= 11 is 0. The first kappa shape index (κ1) is 14.8. The smallest absolute Gasteiger partial charge is 0.231 e. The first-order valence-electron chi connectivity index (χ1n) is 7.83. The summed E-state index contributed by atoms with van der Waals surface area (Å²) in [6.07, 6.45) is 0. The molecule has 0 spiro atoms. The molecule has 1 aliphatic heterocycles. The van der Waals surface area contributed by atoms with Gasteiger partial charge in [-0.1, -0.05) is 0 Å². The van der Waals surface area contributed by atoms with Crippen molar-refractivity contribution in [3.63, 3.8) is 0 Å². The first-order chi connectivity index (χ1) is 11.8. The molecule has 0 radical (unpaired) electrons. The van der Waals surface area contributed by atoms with Crippen molar-refractivity contribution >= 4 is 0 Å². The van der Waals surface area contributed by atoms with Crippen molar-refractivity contribution in [2.45, 2.75) is 13.1 Å². The number of ether oxygens (including phenoxy) is 2. The fraction of sp³-hybridized carbons (Fsp3) is 0.158. The summed E-state index contributed by atoms with van der Waals surface area (Å²) in [6.45, 7) is 1.85. The van der Waals surface area contributed by atoms with Crippen LogP contribution in [0.15, 0.2) is 59.0 Å². The standard InChI is InChI=1S/C19H16FNO3/c20-15-4-2-14(3-5-15)17-8-6-16(24-17)11-21-10-13-1-7-18-19(9-13)23-12-22-18/h1-9,21H,10-12H2/p+1. The van der Waals surface area contributed by atoms with Crippen LogP contribution in [0, 0.1) is 5.82 Å². The van der Waals surface area contributed by atoms with E-state index >= 15 is 0 Å². The maximum atomic E-state index is 13.0. The highest BCUT2D eigenvalue weighted by Gasteiger charge is 2.13. The van der Waals surface area contributed by atoms with Crippen molar-refractivity contribution in [1.82, 2.24) is 0 Å². The minimum absolute atomic E-state index is 0.248. The van der Waals surface area contributed by atoms with E-state index in [1.807, 2.05) is 30.3 Å². The van der Waals surface area contributed by atoms with Crippen molar-refractivity contribution in [3.8, 4) is 22.8 Å². The summed E-state index contributed by atoms with van der Waals surface area (Å²) in [5.41, 5.74) is 2.04. The highest BCUT2D eigenvalue weighted by atomic mass is 19.1. The van der Waals surface area contributed by atoms with Crippen molar-refractivity contribution in [2.75, 3.05) is 6.79 Å². The van der Waals surface area contributed by atoms with Gasteiger partial charge in [-0.05, 0) is 54.6 Å². The van der Waals surface area contributed by atoms with Gasteiger partial charge in [-0.15, -0.1) is 0 Å². The van der Waals surface area contributed by atoms with Gasteiger partial charge in [0, 0.05) is 11.1 Å². The van der Waals surface area contributed by atoms with Gasteiger partial charge in [0.2, 0.25) is 6.79 Å². The number of quaternary nitrogens is 1. The second-order valence-corrected chi connectivity index (χ2v) is 5.66. The molecule has 122 valence electrons. The number of hydrogen-bond donors (Lipinski definition) is 1. The van der Waals surface area contributed by atoms with Crippen LogP contribution in [0.4, 0.5) is 4.39 Å². The molecule has 0 bridgehead atoms. The molecule has 2 N–H and O–H groups in total. The van der Waals surface area contributed by atoms with E-state index in [-0.39, 0.29) is 5.82 Å². The lowest BCUT2D eigenvalue weighted by Gasteiger charge is -2.02. The Morgan fingerprint density at radius 1 is 0.875 bits per heavy atom. The third-order valence-corrected chi connectivity index (χ3v) is 3.95. The highest BCUT2D eigenvalue weighted by Crippen LogP contribution is 2.32. The number of halogens is 1. The fourth-order valence-corrected chi connectivity index (χ4v) is 2.71. The van der Waals surface area contributed by atoms with Crippen LogP contribution >= 0.6 is 0 Å². The summed E-state index contributed by atoms with van der Waals surface area (Å²) in [4.78, 5) is 0. The molecule has 2 heterocycles. The Kier molecular flexibility index (Phi) is 3.92. The molecule has 5 heteroatoms. The van der Waals surface area contributed by atoms with Gasteiger partial charge in [-0.25, -0.2) is 4.39 Å². The summed E-state index contributed by atoms with van der Waals surface area (Å²) in [5.74, 6) is 2.99. The third-order valence-electron chi connectivity index (χ3n) is 3.95. The molecule has 0 aliphatic carbocycles. The van der Waals surface area contributed by atoms with Gasteiger partial charge in [0.1, 0.15) is 24.7 Å². The molecule has 0 unspecified atom stereocenters. The Bertz CT molecular complexity index is 842. The Morgan fingerprint density at radius 3 is 2.58 bits per heavy atom. The van der Waals surface area contributed by atoms with Crippen molar-refractivity contribution in [1.29, 1.82) is 0 Å². The van der Waals surface area contributed by atoms with Crippen LogP contribution in [-0.4, -0.2) is 6.79 Å². The minimum atomic E-state index is -0.248.